The van der Waals surface area contributed by atoms with Gasteiger partial charge in [-0.2, -0.15) is 5.10 Å². The second-order valence-electron chi connectivity index (χ2n) is 5.25. The first-order chi connectivity index (χ1) is 11.4. The van der Waals surface area contributed by atoms with Gasteiger partial charge in [0.1, 0.15) is 24.1 Å². The normalized spacial score (nSPS) is 11.6. The predicted octanol–water partition coefficient (Wildman–Crippen LogP) is 0.795. The number of rotatable bonds is 7. The standard InChI is InChI=1S/C16H18N4O4/c1-9(15(17)22)18-16(23)14-7-12(19-20-14)8-24-13-5-3-4-11(6-13)10(2)21/h3-7,9H,8H2,1-2H3,(H2,17,22)(H,18,23)(H,19,20)/t9-/m0/s1. The number of H-pyrrole nitrogens is 1. The number of ether oxygens (including phenoxy) is 1. The first-order valence-electron chi connectivity index (χ1n) is 7.25. The van der Waals surface area contributed by atoms with Gasteiger partial charge in [0.15, 0.2) is 5.78 Å². The first-order valence-corrected chi connectivity index (χ1v) is 7.25. The molecule has 0 aliphatic heterocycles. The molecule has 24 heavy (non-hydrogen) atoms. The molecule has 2 rings (SSSR count). The van der Waals surface area contributed by atoms with Gasteiger partial charge in [-0.1, -0.05) is 12.1 Å². The third-order valence-corrected chi connectivity index (χ3v) is 3.27. The van der Waals surface area contributed by atoms with Crippen molar-refractivity contribution < 1.29 is 19.1 Å². The summed E-state index contributed by atoms with van der Waals surface area (Å²) in [4.78, 5) is 34.2. The zero-order valence-electron chi connectivity index (χ0n) is 13.3. The molecule has 0 radical (unpaired) electrons. The summed E-state index contributed by atoms with van der Waals surface area (Å²) in [5, 5.41) is 8.97. The van der Waals surface area contributed by atoms with Crippen molar-refractivity contribution in [2.24, 2.45) is 5.73 Å². The third-order valence-electron chi connectivity index (χ3n) is 3.27. The Morgan fingerprint density at radius 1 is 1.33 bits per heavy atom. The van der Waals surface area contributed by atoms with Crippen LogP contribution >= 0.6 is 0 Å². The summed E-state index contributed by atoms with van der Waals surface area (Å²) in [6, 6.07) is 7.52. The minimum atomic E-state index is -0.789. The quantitative estimate of drug-likeness (QED) is 0.647. The average molecular weight is 330 g/mol. The molecule has 8 nitrogen and oxygen atoms in total. The number of aromatic nitrogens is 2. The van der Waals surface area contributed by atoms with Gasteiger partial charge in [-0.3, -0.25) is 19.5 Å². The van der Waals surface area contributed by atoms with E-state index in [1.54, 1.807) is 24.3 Å². The minimum absolute atomic E-state index is 0.0514. The molecular formula is C16H18N4O4. The van der Waals surface area contributed by atoms with Crippen molar-refractivity contribution in [3.63, 3.8) is 0 Å². The molecule has 1 aromatic carbocycles. The SMILES string of the molecule is CC(=O)c1cccc(OCc2cc(C(=O)N[C@@H](C)C(N)=O)n[nH]2)c1. The number of carbonyl (C=O) groups is 3. The second-order valence-corrected chi connectivity index (χ2v) is 5.25. The van der Waals surface area contributed by atoms with Gasteiger partial charge < -0.3 is 15.8 Å². The van der Waals surface area contributed by atoms with E-state index in [0.29, 0.717) is 17.0 Å². The smallest absolute Gasteiger partial charge is 0.272 e. The number of ketones is 1. The van der Waals surface area contributed by atoms with Crippen LogP contribution < -0.4 is 15.8 Å². The van der Waals surface area contributed by atoms with Crippen LogP contribution in [0.1, 0.15) is 40.4 Å². The molecule has 0 saturated carbocycles. The minimum Gasteiger partial charge on any atom is -0.487 e. The van der Waals surface area contributed by atoms with Gasteiger partial charge in [0, 0.05) is 5.56 Å². The summed E-state index contributed by atoms with van der Waals surface area (Å²) in [6.45, 7) is 3.11. The number of primary amides is 1. The molecule has 0 spiro atoms. The topological polar surface area (TPSA) is 127 Å². The monoisotopic (exact) mass is 330 g/mol. The molecule has 0 aliphatic rings. The van der Waals surface area contributed by atoms with Crippen LogP contribution in [0.4, 0.5) is 0 Å². The molecule has 4 N–H and O–H groups in total. The van der Waals surface area contributed by atoms with E-state index in [-0.39, 0.29) is 18.1 Å². The fourth-order valence-electron chi connectivity index (χ4n) is 1.86. The zero-order chi connectivity index (χ0) is 17.7. The number of carbonyl (C=O) groups excluding carboxylic acids is 3. The Morgan fingerprint density at radius 2 is 2.08 bits per heavy atom. The maximum absolute atomic E-state index is 11.9. The molecule has 0 unspecified atom stereocenters. The van der Waals surface area contributed by atoms with Crippen LogP contribution in [0.25, 0.3) is 0 Å². The van der Waals surface area contributed by atoms with E-state index >= 15 is 0 Å². The Kier molecular flexibility index (Phi) is 5.31. The van der Waals surface area contributed by atoms with Gasteiger partial charge in [-0.05, 0) is 32.0 Å². The van der Waals surface area contributed by atoms with Crippen molar-refractivity contribution in [1.82, 2.24) is 15.5 Å². The lowest BCUT2D eigenvalue weighted by atomic mass is 10.1. The van der Waals surface area contributed by atoms with E-state index in [9.17, 15) is 14.4 Å². The van der Waals surface area contributed by atoms with Crippen LogP contribution in [0.5, 0.6) is 5.75 Å². The van der Waals surface area contributed by atoms with Crippen LogP contribution in [0.2, 0.25) is 0 Å². The van der Waals surface area contributed by atoms with E-state index < -0.39 is 17.9 Å². The second kappa shape index (κ2) is 7.40. The van der Waals surface area contributed by atoms with Crippen molar-refractivity contribution in [1.29, 1.82) is 0 Å². The Balaban J connectivity index is 1.96. The number of nitrogens with one attached hydrogen (secondary N) is 2. The van der Waals surface area contributed by atoms with Gasteiger partial charge >= 0.3 is 0 Å². The molecule has 126 valence electrons. The summed E-state index contributed by atoms with van der Waals surface area (Å²) in [5.74, 6) is -0.662. The van der Waals surface area contributed by atoms with E-state index in [0.717, 1.165) is 0 Å². The Labute approximate surface area is 138 Å². The molecule has 0 aliphatic carbocycles. The number of Topliss-reactive ketones (excluding diaryl/α,β-unsaturated/α-hetero) is 1. The van der Waals surface area contributed by atoms with Crippen LogP contribution in [-0.2, 0) is 11.4 Å². The molecule has 0 bridgehead atoms. The zero-order valence-corrected chi connectivity index (χ0v) is 13.3. The fourth-order valence-corrected chi connectivity index (χ4v) is 1.86. The average Bonchev–Trinajstić information content (AvgIpc) is 3.02. The number of nitrogens with two attached hydrogens (primary N) is 1. The van der Waals surface area contributed by atoms with Crippen molar-refractivity contribution in [3.8, 4) is 5.75 Å². The molecule has 2 aromatic rings. The summed E-state index contributed by atoms with van der Waals surface area (Å²) in [6.07, 6.45) is 0. The maximum atomic E-state index is 11.9. The van der Waals surface area contributed by atoms with Gasteiger partial charge in [0.05, 0.1) is 5.69 Å². The summed E-state index contributed by atoms with van der Waals surface area (Å²) in [7, 11) is 0. The Bertz CT molecular complexity index is 769. The maximum Gasteiger partial charge on any atom is 0.272 e. The highest BCUT2D eigenvalue weighted by molar-refractivity contribution is 5.95. The lowest BCUT2D eigenvalue weighted by molar-refractivity contribution is -0.119. The number of aromatic amines is 1. The van der Waals surface area contributed by atoms with Crippen molar-refractivity contribution in [3.05, 3.63) is 47.3 Å². The van der Waals surface area contributed by atoms with Crippen LogP contribution in [0, 0.1) is 0 Å². The lowest BCUT2D eigenvalue weighted by Gasteiger charge is -2.07. The van der Waals surface area contributed by atoms with Crippen molar-refractivity contribution >= 4 is 17.6 Å². The highest BCUT2D eigenvalue weighted by Crippen LogP contribution is 2.15. The fraction of sp³-hybridized carbons (Fsp3) is 0.250. The molecule has 0 saturated heterocycles. The van der Waals surface area contributed by atoms with E-state index in [1.807, 2.05) is 0 Å². The predicted molar refractivity (Wildman–Crippen MR) is 85.5 cm³/mol. The molecule has 1 aromatic heterocycles. The summed E-state index contributed by atoms with van der Waals surface area (Å²) in [5.41, 5.74) is 6.33. The molecular weight excluding hydrogens is 312 g/mol. The molecule has 1 heterocycles. The number of benzene rings is 1. The highest BCUT2D eigenvalue weighted by Gasteiger charge is 2.16. The largest absolute Gasteiger partial charge is 0.487 e. The summed E-state index contributed by atoms with van der Waals surface area (Å²) >= 11 is 0. The van der Waals surface area contributed by atoms with E-state index in [4.69, 9.17) is 10.5 Å². The number of nitrogens with zero attached hydrogens (tertiary/aromatic N) is 1. The molecule has 1 atom stereocenters. The van der Waals surface area contributed by atoms with Crippen molar-refractivity contribution in [2.45, 2.75) is 26.5 Å². The Morgan fingerprint density at radius 3 is 2.75 bits per heavy atom. The number of amides is 2. The van der Waals surface area contributed by atoms with Crippen LogP contribution in [0.15, 0.2) is 30.3 Å². The lowest BCUT2D eigenvalue weighted by Crippen LogP contribution is -2.42. The third kappa shape index (κ3) is 4.42. The van der Waals surface area contributed by atoms with Gasteiger partial charge in [-0.15, -0.1) is 0 Å². The van der Waals surface area contributed by atoms with Crippen LogP contribution in [0.3, 0.4) is 0 Å². The van der Waals surface area contributed by atoms with E-state index in [1.165, 1.54) is 19.9 Å². The molecule has 8 heteroatoms. The van der Waals surface area contributed by atoms with Crippen molar-refractivity contribution in [2.75, 3.05) is 0 Å². The molecule has 2 amide bonds. The Hall–Kier alpha value is -3.16. The number of hydrogen-bond donors (Lipinski definition) is 3. The first kappa shape index (κ1) is 17.2. The molecule has 0 fully saturated rings. The van der Waals surface area contributed by atoms with E-state index in [2.05, 4.69) is 15.5 Å². The van der Waals surface area contributed by atoms with Gasteiger partial charge in [0.25, 0.3) is 5.91 Å². The highest BCUT2D eigenvalue weighted by atomic mass is 16.5. The summed E-state index contributed by atoms with van der Waals surface area (Å²) < 4.78 is 5.57. The van der Waals surface area contributed by atoms with Gasteiger partial charge in [0.2, 0.25) is 5.91 Å². The van der Waals surface area contributed by atoms with Crippen LogP contribution in [-0.4, -0.2) is 33.8 Å². The van der Waals surface area contributed by atoms with Gasteiger partial charge in [-0.25, -0.2) is 0 Å². The number of hydrogen-bond acceptors (Lipinski definition) is 5.